The first kappa shape index (κ1) is 22.5. The van der Waals surface area contributed by atoms with E-state index in [1.54, 1.807) is 13.0 Å². The molecule has 0 aromatic heterocycles. The molecule has 31 heavy (non-hydrogen) atoms. The number of carbonyl (C=O) groups is 3. The molecule has 0 saturated carbocycles. The molecule has 0 fully saturated rings. The van der Waals surface area contributed by atoms with Gasteiger partial charge in [-0.1, -0.05) is 33.8 Å². The first-order valence-electron chi connectivity index (χ1n) is 10.5. The molecule has 2 aromatic carbocycles. The Morgan fingerprint density at radius 3 is 2.00 bits per heavy atom. The van der Waals surface area contributed by atoms with Crippen molar-refractivity contribution in [2.45, 2.75) is 58.3 Å². The van der Waals surface area contributed by atoms with Crippen LogP contribution in [-0.4, -0.2) is 29.7 Å². The Morgan fingerprint density at radius 1 is 0.903 bits per heavy atom. The van der Waals surface area contributed by atoms with Crippen LogP contribution in [0.2, 0.25) is 0 Å². The number of ether oxygens (including phenoxy) is 1. The van der Waals surface area contributed by atoms with Crippen molar-refractivity contribution in [1.29, 1.82) is 0 Å². The van der Waals surface area contributed by atoms with Crippen molar-refractivity contribution in [1.82, 2.24) is 0 Å². The molecule has 2 amide bonds. The second kappa shape index (κ2) is 8.17. The third-order valence-electron chi connectivity index (χ3n) is 6.13. The van der Waals surface area contributed by atoms with Gasteiger partial charge in [0.25, 0.3) is 5.91 Å². The molecule has 2 aromatic rings. The van der Waals surface area contributed by atoms with Crippen molar-refractivity contribution in [3.63, 3.8) is 0 Å². The first-order valence-corrected chi connectivity index (χ1v) is 10.5. The first-order chi connectivity index (χ1) is 14.5. The topological polar surface area (TPSA) is 83.9 Å². The van der Waals surface area contributed by atoms with E-state index in [4.69, 9.17) is 9.84 Å². The molecular weight excluding hydrogens is 394 g/mol. The number of carboxylic acid groups (broad SMARTS) is 1. The Labute approximate surface area is 182 Å². The number of nitrogens with zero attached hydrogens (tertiary/aromatic N) is 1. The molecule has 0 atom stereocenters. The van der Waals surface area contributed by atoms with Gasteiger partial charge >= 0.3 is 12.1 Å². The summed E-state index contributed by atoms with van der Waals surface area (Å²) >= 11 is 0. The zero-order valence-corrected chi connectivity index (χ0v) is 18.7. The van der Waals surface area contributed by atoms with Crippen molar-refractivity contribution in [2.24, 2.45) is 0 Å². The summed E-state index contributed by atoms with van der Waals surface area (Å²) in [5.41, 5.74) is 2.97. The minimum Gasteiger partial charge on any atom is -0.478 e. The maximum absolute atomic E-state index is 13.4. The van der Waals surface area contributed by atoms with Gasteiger partial charge < -0.3 is 9.84 Å². The van der Waals surface area contributed by atoms with E-state index in [1.807, 2.05) is 12.1 Å². The highest BCUT2D eigenvalue weighted by atomic mass is 16.6. The number of hydrogen-bond donors (Lipinski definition) is 1. The smallest absolute Gasteiger partial charge is 0.421 e. The van der Waals surface area contributed by atoms with Gasteiger partial charge in [0.1, 0.15) is 0 Å². The fourth-order valence-corrected chi connectivity index (χ4v) is 4.10. The van der Waals surface area contributed by atoms with Gasteiger partial charge in [0.2, 0.25) is 0 Å². The molecule has 0 unspecified atom stereocenters. The van der Waals surface area contributed by atoms with Gasteiger partial charge in [-0.3, -0.25) is 4.79 Å². The molecule has 1 aliphatic rings. The summed E-state index contributed by atoms with van der Waals surface area (Å²) in [5.74, 6) is -1.59. The number of carboxylic acids is 1. The lowest BCUT2D eigenvalue weighted by atomic mass is 9.63. The largest absolute Gasteiger partial charge is 0.478 e. The monoisotopic (exact) mass is 423 g/mol. The summed E-state index contributed by atoms with van der Waals surface area (Å²) in [4.78, 5) is 38.2. The molecule has 3 rings (SSSR count). The minimum atomic E-state index is -1.08. The van der Waals surface area contributed by atoms with Crippen molar-refractivity contribution < 1.29 is 24.2 Å². The Morgan fingerprint density at radius 2 is 1.45 bits per heavy atom. The average molecular weight is 424 g/mol. The summed E-state index contributed by atoms with van der Waals surface area (Å²) in [6.07, 6.45) is 1.27. The lowest BCUT2D eigenvalue weighted by Crippen LogP contribution is -2.38. The molecule has 0 radical (unpaired) electrons. The SMILES string of the molecule is CCOC(=O)N(C(=O)c1ccc2c(c1)C(C)(C)CCC2(C)C)c1ccc(C(=O)O)cc1. The van der Waals surface area contributed by atoms with Gasteiger partial charge in [-0.05, 0) is 78.1 Å². The van der Waals surface area contributed by atoms with Crippen LogP contribution in [0.4, 0.5) is 10.5 Å². The standard InChI is InChI=1S/C25H29NO5/c1-6-31-23(30)26(18-10-7-16(8-11-18)22(28)29)21(27)17-9-12-19-20(15-17)25(4,5)14-13-24(19,2)3/h7-12,15H,6,13-14H2,1-5H3,(H,28,29). The van der Waals surface area contributed by atoms with Crippen LogP contribution in [0.5, 0.6) is 0 Å². The van der Waals surface area contributed by atoms with Gasteiger partial charge in [-0.25, -0.2) is 14.5 Å². The number of anilines is 1. The molecule has 0 saturated heterocycles. The zero-order valence-electron chi connectivity index (χ0n) is 18.7. The van der Waals surface area contributed by atoms with Crippen LogP contribution in [-0.2, 0) is 15.6 Å². The lowest BCUT2D eigenvalue weighted by Gasteiger charge is -2.42. The van der Waals surface area contributed by atoms with Crippen LogP contribution in [0.1, 0.15) is 79.3 Å². The van der Waals surface area contributed by atoms with Crippen molar-refractivity contribution in [3.05, 3.63) is 64.7 Å². The number of aromatic carboxylic acids is 1. The Hall–Kier alpha value is -3.15. The second-order valence-electron chi connectivity index (χ2n) is 9.22. The Bertz CT molecular complexity index is 1020. The number of rotatable bonds is 4. The lowest BCUT2D eigenvalue weighted by molar-refractivity contribution is 0.0696. The van der Waals surface area contributed by atoms with Crippen molar-refractivity contribution in [3.8, 4) is 0 Å². The number of benzene rings is 2. The predicted molar refractivity (Wildman–Crippen MR) is 119 cm³/mol. The Kier molecular flexibility index (Phi) is 5.94. The van der Waals surface area contributed by atoms with E-state index in [9.17, 15) is 14.4 Å². The van der Waals surface area contributed by atoms with Gasteiger partial charge in [-0.2, -0.15) is 0 Å². The number of carbonyl (C=O) groups excluding carboxylic acids is 2. The Balaban J connectivity index is 2.06. The predicted octanol–water partition coefficient (Wildman–Crippen LogP) is 5.54. The number of imide groups is 1. The zero-order chi connectivity index (χ0) is 23.0. The summed E-state index contributed by atoms with van der Waals surface area (Å²) in [6.45, 7) is 10.5. The highest BCUT2D eigenvalue weighted by Crippen LogP contribution is 2.46. The summed E-state index contributed by atoms with van der Waals surface area (Å²) in [7, 11) is 0. The van der Waals surface area contributed by atoms with Crippen LogP contribution in [0.25, 0.3) is 0 Å². The minimum absolute atomic E-state index is 0.0138. The summed E-state index contributed by atoms with van der Waals surface area (Å²) in [6, 6.07) is 11.2. The fourth-order valence-electron chi connectivity index (χ4n) is 4.10. The molecule has 164 valence electrons. The van der Waals surface area contributed by atoms with E-state index in [0.717, 1.165) is 23.3 Å². The van der Waals surface area contributed by atoms with Gasteiger partial charge in [0.05, 0.1) is 17.9 Å². The van der Waals surface area contributed by atoms with Crippen molar-refractivity contribution in [2.75, 3.05) is 11.5 Å². The van der Waals surface area contributed by atoms with Gasteiger partial charge in [-0.15, -0.1) is 0 Å². The van der Waals surface area contributed by atoms with E-state index in [2.05, 4.69) is 27.7 Å². The molecule has 0 aliphatic heterocycles. The normalized spacial score (nSPS) is 16.2. The van der Waals surface area contributed by atoms with Crippen molar-refractivity contribution >= 4 is 23.7 Å². The highest BCUT2D eigenvalue weighted by Gasteiger charge is 2.38. The quantitative estimate of drug-likeness (QED) is 0.698. The van der Waals surface area contributed by atoms with E-state index in [0.29, 0.717) is 5.56 Å². The maximum atomic E-state index is 13.4. The maximum Gasteiger partial charge on any atom is 0.421 e. The molecule has 6 heteroatoms. The van der Waals surface area contributed by atoms with Gasteiger partial charge in [0, 0.05) is 5.56 Å². The molecule has 1 N–H and O–H groups in total. The fraction of sp³-hybridized carbons (Fsp3) is 0.400. The second-order valence-corrected chi connectivity index (χ2v) is 9.22. The van der Waals surface area contributed by atoms with E-state index in [-0.39, 0.29) is 28.7 Å². The van der Waals surface area contributed by atoms with Crippen LogP contribution >= 0.6 is 0 Å². The van der Waals surface area contributed by atoms with E-state index in [1.165, 1.54) is 29.8 Å². The summed E-state index contributed by atoms with van der Waals surface area (Å²) < 4.78 is 5.12. The third-order valence-corrected chi connectivity index (χ3v) is 6.13. The number of amides is 2. The third kappa shape index (κ3) is 4.33. The van der Waals surface area contributed by atoms with Crippen LogP contribution < -0.4 is 4.90 Å². The number of hydrogen-bond acceptors (Lipinski definition) is 4. The molecule has 6 nitrogen and oxygen atoms in total. The van der Waals surface area contributed by atoms with Crippen LogP contribution in [0.3, 0.4) is 0 Å². The molecular formula is C25H29NO5. The van der Waals surface area contributed by atoms with Crippen LogP contribution in [0.15, 0.2) is 42.5 Å². The molecule has 0 heterocycles. The van der Waals surface area contributed by atoms with E-state index < -0.39 is 18.0 Å². The van der Waals surface area contributed by atoms with Crippen LogP contribution in [0, 0.1) is 0 Å². The average Bonchev–Trinajstić information content (AvgIpc) is 2.72. The summed E-state index contributed by atoms with van der Waals surface area (Å²) in [5, 5.41) is 9.13. The molecule has 0 bridgehead atoms. The molecule has 0 spiro atoms. The molecule has 1 aliphatic carbocycles. The number of fused-ring (bicyclic) bond motifs is 1. The van der Waals surface area contributed by atoms with Gasteiger partial charge in [0.15, 0.2) is 0 Å². The highest BCUT2D eigenvalue weighted by molar-refractivity contribution is 6.19. The van der Waals surface area contributed by atoms with E-state index >= 15 is 0 Å².